The lowest BCUT2D eigenvalue weighted by atomic mass is 10.1. The highest BCUT2D eigenvalue weighted by atomic mass is 16.6. The molecule has 8 nitrogen and oxygen atoms in total. The average molecular weight is 422 g/mol. The fourth-order valence-electron chi connectivity index (χ4n) is 3.15. The number of para-hydroxylation sites is 2. The quantitative estimate of drug-likeness (QED) is 0.581. The summed E-state index contributed by atoms with van der Waals surface area (Å²) in [5, 5.41) is 0. The molecule has 0 bridgehead atoms. The van der Waals surface area contributed by atoms with Gasteiger partial charge in [-0.15, -0.1) is 0 Å². The summed E-state index contributed by atoms with van der Waals surface area (Å²) in [4.78, 5) is 24.6. The highest BCUT2D eigenvalue weighted by Crippen LogP contribution is 2.22. The minimum Gasteiger partial charge on any atom is -0.474 e. The van der Waals surface area contributed by atoms with E-state index in [1.807, 2.05) is 50.5 Å². The van der Waals surface area contributed by atoms with E-state index in [1.54, 1.807) is 4.90 Å². The summed E-state index contributed by atoms with van der Waals surface area (Å²) in [5.41, 5.74) is 4.41. The Morgan fingerprint density at radius 1 is 1.06 bits per heavy atom. The van der Waals surface area contributed by atoms with E-state index in [-0.39, 0.29) is 11.6 Å². The minimum absolute atomic E-state index is 0. The summed E-state index contributed by atoms with van der Waals surface area (Å²) in [5.74, 6) is 0.447. The van der Waals surface area contributed by atoms with Gasteiger partial charge in [-0.2, -0.15) is 0 Å². The molecule has 0 unspecified atom stereocenters. The van der Waals surface area contributed by atoms with Crippen LogP contribution >= 0.6 is 0 Å². The number of aromatic nitrogens is 2. The number of cyclic esters (lactones) is 1. The normalized spacial score (nSPS) is 13.4. The summed E-state index contributed by atoms with van der Waals surface area (Å²) in [6.45, 7) is 1.78. The zero-order valence-electron chi connectivity index (χ0n) is 17.6. The zero-order valence-corrected chi connectivity index (χ0v) is 17.6. The molecule has 8 heteroatoms. The van der Waals surface area contributed by atoms with Gasteiger partial charge < -0.3 is 24.7 Å². The number of carbonyl (C=O) groups excluding carboxylic acids is 1. The van der Waals surface area contributed by atoms with Crippen LogP contribution in [0.2, 0.25) is 0 Å². The average Bonchev–Trinajstić information content (AvgIpc) is 3.17. The van der Waals surface area contributed by atoms with Crippen LogP contribution in [0, 0.1) is 0 Å². The lowest BCUT2D eigenvalue weighted by Crippen LogP contribution is -2.29. The molecular formula is C23H26N4O4. The number of anilines is 1. The first-order valence-corrected chi connectivity index (χ1v) is 9.87. The van der Waals surface area contributed by atoms with Gasteiger partial charge in [-0.05, 0) is 35.9 Å². The van der Waals surface area contributed by atoms with Crippen LogP contribution in [-0.4, -0.2) is 66.8 Å². The fraction of sp³-hybridized carbons (Fsp3) is 0.261. The van der Waals surface area contributed by atoms with Gasteiger partial charge in [0.1, 0.15) is 18.9 Å². The van der Waals surface area contributed by atoms with Crippen molar-refractivity contribution in [3.8, 4) is 5.88 Å². The molecule has 1 aromatic heterocycles. The fourth-order valence-corrected chi connectivity index (χ4v) is 3.15. The van der Waals surface area contributed by atoms with Crippen LogP contribution in [0.4, 0.5) is 10.5 Å². The Bertz CT molecular complexity index is 1070. The highest BCUT2D eigenvalue weighted by molar-refractivity contribution is 5.79. The second-order valence-corrected chi connectivity index (χ2v) is 7.17. The first-order chi connectivity index (χ1) is 14.6. The van der Waals surface area contributed by atoms with Gasteiger partial charge in [0.2, 0.25) is 5.88 Å². The maximum absolute atomic E-state index is 11.6. The predicted octanol–water partition coefficient (Wildman–Crippen LogP) is 2.87. The molecule has 1 aliphatic heterocycles. The van der Waals surface area contributed by atoms with Gasteiger partial charge in [0.15, 0.2) is 0 Å². The number of ether oxygens (including phenoxy) is 2. The first kappa shape index (κ1) is 22.0. The Kier molecular flexibility index (Phi) is 7.04. The van der Waals surface area contributed by atoms with E-state index in [4.69, 9.17) is 14.5 Å². The van der Waals surface area contributed by atoms with Crippen LogP contribution in [0.25, 0.3) is 23.2 Å². The number of hydrogen-bond acceptors (Lipinski definition) is 6. The molecule has 1 fully saturated rings. The highest BCUT2D eigenvalue weighted by Gasteiger charge is 2.21. The lowest BCUT2D eigenvalue weighted by molar-refractivity contribution is 0.152. The molecule has 1 saturated heterocycles. The SMILES string of the molecule is CN(C)c1ccc(/C=C/c2nc3ccccc3nc2OCCN2CCOC2=O)cc1.O. The van der Waals surface area contributed by atoms with Crippen molar-refractivity contribution in [3.05, 3.63) is 59.8 Å². The van der Waals surface area contributed by atoms with Gasteiger partial charge in [-0.1, -0.05) is 30.3 Å². The molecule has 2 aromatic carbocycles. The Hall–Kier alpha value is -3.65. The van der Waals surface area contributed by atoms with Gasteiger partial charge in [-0.25, -0.2) is 14.8 Å². The summed E-state index contributed by atoms with van der Waals surface area (Å²) in [7, 11) is 4.03. The van der Waals surface area contributed by atoms with E-state index < -0.39 is 0 Å². The predicted molar refractivity (Wildman–Crippen MR) is 121 cm³/mol. The third-order valence-electron chi connectivity index (χ3n) is 4.85. The molecule has 0 saturated carbocycles. The molecule has 1 aliphatic rings. The third kappa shape index (κ3) is 5.29. The van der Waals surface area contributed by atoms with Crippen LogP contribution in [-0.2, 0) is 4.74 Å². The van der Waals surface area contributed by atoms with Crippen molar-refractivity contribution in [2.75, 3.05) is 45.3 Å². The second-order valence-electron chi connectivity index (χ2n) is 7.17. The topological polar surface area (TPSA) is 99.3 Å². The molecule has 2 N–H and O–H groups in total. The van der Waals surface area contributed by atoms with Crippen LogP contribution in [0.1, 0.15) is 11.3 Å². The van der Waals surface area contributed by atoms with Crippen molar-refractivity contribution in [1.82, 2.24) is 14.9 Å². The number of benzene rings is 2. The zero-order chi connectivity index (χ0) is 20.9. The van der Waals surface area contributed by atoms with Gasteiger partial charge in [0.05, 0.1) is 24.1 Å². The monoisotopic (exact) mass is 422 g/mol. The largest absolute Gasteiger partial charge is 0.474 e. The van der Waals surface area contributed by atoms with Crippen molar-refractivity contribution >= 4 is 35.0 Å². The van der Waals surface area contributed by atoms with E-state index >= 15 is 0 Å². The molecule has 0 radical (unpaired) electrons. The van der Waals surface area contributed by atoms with E-state index in [0.717, 1.165) is 22.3 Å². The number of carbonyl (C=O) groups is 1. The van der Waals surface area contributed by atoms with E-state index in [0.29, 0.717) is 37.9 Å². The molecule has 0 atom stereocenters. The Labute approximate surface area is 181 Å². The van der Waals surface area contributed by atoms with Crippen molar-refractivity contribution in [3.63, 3.8) is 0 Å². The molecule has 0 aliphatic carbocycles. The Balaban J connectivity index is 0.00000272. The van der Waals surface area contributed by atoms with Crippen LogP contribution in [0.5, 0.6) is 5.88 Å². The van der Waals surface area contributed by atoms with Crippen molar-refractivity contribution in [2.45, 2.75) is 0 Å². The minimum atomic E-state index is -0.301. The second kappa shape index (κ2) is 9.90. The van der Waals surface area contributed by atoms with Crippen LogP contribution in [0.3, 0.4) is 0 Å². The van der Waals surface area contributed by atoms with Crippen molar-refractivity contribution in [1.29, 1.82) is 0 Å². The van der Waals surface area contributed by atoms with Gasteiger partial charge >= 0.3 is 6.09 Å². The number of rotatable bonds is 7. The summed E-state index contributed by atoms with van der Waals surface area (Å²) < 4.78 is 10.9. The smallest absolute Gasteiger partial charge is 0.410 e. The molecule has 31 heavy (non-hydrogen) atoms. The van der Waals surface area contributed by atoms with Gasteiger partial charge in [0, 0.05) is 19.8 Å². The summed E-state index contributed by atoms with van der Waals surface area (Å²) >= 11 is 0. The Morgan fingerprint density at radius 2 is 1.77 bits per heavy atom. The van der Waals surface area contributed by atoms with E-state index in [9.17, 15) is 4.79 Å². The summed E-state index contributed by atoms with van der Waals surface area (Å²) in [6.07, 6.45) is 3.59. The maximum atomic E-state index is 11.6. The molecule has 2 heterocycles. The third-order valence-corrected chi connectivity index (χ3v) is 4.85. The molecule has 1 amide bonds. The lowest BCUT2D eigenvalue weighted by Gasteiger charge is -2.14. The van der Waals surface area contributed by atoms with Crippen LogP contribution in [0.15, 0.2) is 48.5 Å². The van der Waals surface area contributed by atoms with Crippen LogP contribution < -0.4 is 9.64 Å². The van der Waals surface area contributed by atoms with Gasteiger partial charge in [-0.3, -0.25) is 0 Å². The van der Waals surface area contributed by atoms with Gasteiger partial charge in [0.25, 0.3) is 0 Å². The molecule has 0 spiro atoms. The van der Waals surface area contributed by atoms with Crippen molar-refractivity contribution in [2.24, 2.45) is 0 Å². The van der Waals surface area contributed by atoms with E-state index in [2.05, 4.69) is 34.1 Å². The molecule has 162 valence electrons. The number of hydrogen-bond donors (Lipinski definition) is 0. The first-order valence-electron chi connectivity index (χ1n) is 9.87. The number of fused-ring (bicyclic) bond motifs is 1. The van der Waals surface area contributed by atoms with E-state index in [1.165, 1.54) is 0 Å². The Morgan fingerprint density at radius 3 is 2.42 bits per heavy atom. The molecule has 4 rings (SSSR count). The molecular weight excluding hydrogens is 396 g/mol. The standard InChI is InChI=1S/C23H24N4O3.H2O/c1-26(2)18-10-7-17(8-11-18)9-12-21-22(25-20-6-4-3-5-19(20)24-21)29-15-13-27-14-16-30-23(27)28;/h3-12H,13-16H2,1-2H3;1H2/b12-9+;. The van der Waals surface area contributed by atoms with Crippen molar-refractivity contribution < 1.29 is 19.7 Å². The summed E-state index contributed by atoms with van der Waals surface area (Å²) in [6, 6.07) is 15.9. The molecule has 3 aromatic rings. The number of amides is 1. The maximum Gasteiger partial charge on any atom is 0.410 e. The number of nitrogens with zero attached hydrogens (tertiary/aromatic N) is 4.